The first-order valence-electron chi connectivity index (χ1n) is 11.5. The Hall–Kier alpha value is -1.85. The van der Waals surface area contributed by atoms with Crippen LogP contribution in [0.3, 0.4) is 0 Å². The van der Waals surface area contributed by atoms with Gasteiger partial charge in [-0.2, -0.15) is 0 Å². The van der Waals surface area contributed by atoms with Crippen LogP contribution in [0, 0.1) is 5.92 Å². The summed E-state index contributed by atoms with van der Waals surface area (Å²) >= 11 is 2.33. The molecule has 8 heteroatoms. The minimum atomic E-state index is -0.983. The molecular weight excluding hydrogens is 549 g/mol. The van der Waals surface area contributed by atoms with Gasteiger partial charge in [-0.3, -0.25) is 4.79 Å². The molecule has 1 aliphatic carbocycles. The van der Waals surface area contributed by atoms with Crippen LogP contribution in [-0.2, 0) is 41.8 Å². The minimum Gasteiger partial charge on any atom is -0.368 e. The molecule has 180 valence electrons. The van der Waals surface area contributed by atoms with E-state index in [1.165, 1.54) is 6.92 Å². The largest absolute Gasteiger partial charge is 0.368 e. The Morgan fingerprint density at radius 2 is 1.53 bits per heavy atom. The molecule has 2 aromatic rings. The molecule has 7 nitrogen and oxygen atoms in total. The van der Waals surface area contributed by atoms with Gasteiger partial charge in [0.2, 0.25) is 5.91 Å². The third-order valence-corrected chi connectivity index (χ3v) is 8.57. The number of carbonyl (C=O) groups excluding carboxylic acids is 2. The average Bonchev–Trinajstić information content (AvgIpc) is 3.20. The zero-order chi connectivity index (χ0) is 23.7. The van der Waals surface area contributed by atoms with E-state index in [4.69, 9.17) is 18.9 Å². The lowest BCUT2D eigenvalue weighted by Gasteiger charge is -2.58. The van der Waals surface area contributed by atoms with Crippen molar-refractivity contribution in [1.82, 2.24) is 5.32 Å². The standard InChI is InChI=1S/C26H28INO6/c1-16(30)28-26-19(12-13-29)20(27)21-22(23(26)31-14-17-8-4-2-5-9-17)34-25(33-21)24(26)32-15-18-10-6-3-7-11-18/h2-11,13,19-25H,12,14-15H2,1H3,(H,28,30)/t19-,20+,21+,22-,23-,24-,25-,26-/m1/s1. The zero-order valence-electron chi connectivity index (χ0n) is 18.8. The van der Waals surface area contributed by atoms with Crippen LogP contribution < -0.4 is 5.32 Å². The number of fused-ring (bicyclic) bond motifs is 2. The number of carbonyl (C=O) groups is 2. The van der Waals surface area contributed by atoms with Gasteiger partial charge in [-0.05, 0) is 11.1 Å². The monoisotopic (exact) mass is 577 g/mol. The second kappa shape index (κ2) is 10.0. The Balaban J connectivity index is 1.54. The summed E-state index contributed by atoms with van der Waals surface area (Å²) in [7, 11) is 0. The maximum atomic E-state index is 12.6. The fraction of sp³-hybridized carbons (Fsp3) is 0.462. The second-order valence-electron chi connectivity index (χ2n) is 9.07. The Bertz CT molecular complexity index is 959. The maximum Gasteiger partial charge on any atom is 0.217 e. The van der Waals surface area contributed by atoms with Gasteiger partial charge in [0.25, 0.3) is 0 Å². The summed E-state index contributed by atoms with van der Waals surface area (Å²) < 4.78 is 25.6. The Labute approximate surface area is 212 Å². The van der Waals surface area contributed by atoms with E-state index < -0.39 is 24.0 Å². The van der Waals surface area contributed by atoms with Crippen molar-refractivity contribution in [3.8, 4) is 0 Å². The SMILES string of the molecule is CC(=O)N[C@]12[C@H](CC=O)[C@H](I)[C@@H]3O[C@H](O[C@H]3[C@H]1OCc1ccccc1)[C@H]2OCc1ccccc1. The summed E-state index contributed by atoms with van der Waals surface area (Å²) in [6.45, 7) is 2.15. The molecule has 0 unspecified atom stereocenters. The highest BCUT2D eigenvalue weighted by Crippen LogP contribution is 2.55. The summed E-state index contributed by atoms with van der Waals surface area (Å²) in [6.07, 6.45) is -1.32. The molecule has 2 aliphatic heterocycles. The number of hydrogen-bond acceptors (Lipinski definition) is 6. The molecule has 1 saturated carbocycles. The first kappa shape index (κ1) is 23.9. The van der Waals surface area contributed by atoms with Crippen molar-refractivity contribution >= 4 is 34.8 Å². The van der Waals surface area contributed by atoms with E-state index >= 15 is 0 Å². The Morgan fingerprint density at radius 3 is 2.09 bits per heavy atom. The highest BCUT2D eigenvalue weighted by atomic mass is 127. The number of hydrogen-bond donors (Lipinski definition) is 1. The number of halogens is 1. The Morgan fingerprint density at radius 1 is 0.971 bits per heavy atom. The van der Waals surface area contributed by atoms with Crippen LogP contribution in [0.2, 0.25) is 0 Å². The maximum absolute atomic E-state index is 12.6. The Kier molecular flexibility index (Phi) is 7.04. The van der Waals surface area contributed by atoms with Crippen LogP contribution in [0.15, 0.2) is 60.7 Å². The van der Waals surface area contributed by atoms with E-state index in [1.807, 2.05) is 60.7 Å². The number of benzene rings is 2. The van der Waals surface area contributed by atoms with Gasteiger partial charge in [-0.1, -0.05) is 83.3 Å². The van der Waals surface area contributed by atoms with E-state index in [0.717, 1.165) is 17.4 Å². The smallest absolute Gasteiger partial charge is 0.217 e. The van der Waals surface area contributed by atoms with E-state index in [-0.39, 0.29) is 34.4 Å². The molecule has 2 aromatic carbocycles. The summed E-state index contributed by atoms with van der Waals surface area (Å²) in [6, 6.07) is 19.7. The molecule has 1 N–H and O–H groups in total. The normalized spacial score (nSPS) is 35.8. The van der Waals surface area contributed by atoms with Crippen LogP contribution in [-0.4, -0.2) is 52.4 Å². The number of rotatable bonds is 9. The van der Waals surface area contributed by atoms with Gasteiger partial charge in [0, 0.05) is 23.2 Å². The van der Waals surface area contributed by atoms with Crippen molar-refractivity contribution in [2.45, 2.75) is 66.7 Å². The molecule has 1 amide bonds. The van der Waals surface area contributed by atoms with Crippen LogP contribution >= 0.6 is 22.6 Å². The number of ether oxygens (including phenoxy) is 4. The first-order valence-corrected chi connectivity index (χ1v) is 12.8. The number of alkyl halides is 1. The fourth-order valence-electron chi connectivity index (χ4n) is 5.65. The second-order valence-corrected chi connectivity index (χ2v) is 10.5. The highest BCUT2D eigenvalue weighted by Gasteiger charge is 2.73. The van der Waals surface area contributed by atoms with Crippen molar-refractivity contribution in [1.29, 1.82) is 0 Å². The predicted octanol–water partition coefficient (Wildman–Crippen LogP) is 3.18. The number of aldehydes is 1. The highest BCUT2D eigenvalue weighted by molar-refractivity contribution is 14.1. The summed E-state index contributed by atoms with van der Waals surface area (Å²) in [5, 5.41) is 3.21. The van der Waals surface area contributed by atoms with E-state index in [2.05, 4.69) is 27.9 Å². The third-order valence-electron chi connectivity index (χ3n) is 6.99. The van der Waals surface area contributed by atoms with Crippen molar-refractivity contribution in [2.75, 3.05) is 0 Å². The third kappa shape index (κ3) is 4.19. The van der Waals surface area contributed by atoms with Gasteiger partial charge < -0.3 is 29.1 Å². The molecule has 5 rings (SSSR count). The van der Waals surface area contributed by atoms with Crippen molar-refractivity contribution in [3.63, 3.8) is 0 Å². The topological polar surface area (TPSA) is 83.1 Å². The van der Waals surface area contributed by atoms with Crippen molar-refractivity contribution in [2.24, 2.45) is 5.92 Å². The summed E-state index contributed by atoms with van der Waals surface area (Å²) in [5.74, 6) is -0.452. The van der Waals surface area contributed by atoms with Gasteiger partial charge in [-0.25, -0.2) is 0 Å². The van der Waals surface area contributed by atoms with Crippen molar-refractivity contribution < 1.29 is 28.5 Å². The van der Waals surface area contributed by atoms with Gasteiger partial charge in [-0.15, -0.1) is 0 Å². The van der Waals surface area contributed by atoms with Gasteiger partial charge >= 0.3 is 0 Å². The molecule has 2 saturated heterocycles. The van der Waals surface area contributed by atoms with Crippen LogP contribution in [0.1, 0.15) is 24.5 Å². The molecule has 34 heavy (non-hydrogen) atoms. The molecule has 3 bridgehead atoms. The molecule has 3 fully saturated rings. The predicted molar refractivity (Wildman–Crippen MR) is 132 cm³/mol. The number of nitrogens with one attached hydrogen (secondary N) is 1. The molecule has 3 aliphatic rings. The van der Waals surface area contributed by atoms with Gasteiger partial charge in [0.15, 0.2) is 6.29 Å². The molecular formula is C26H28INO6. The molecule has 0 radical (unpaired) electrons. The molecule has 8 atom stereocenters. The average molecular weight is 577 g/mol. The minimum absolute atomic E-state index is 0.0634. The zero-order valence-corrected chi connectivity index (χ0v) is 21.0. The van der Waals surface area contributed by atoms with E-state index in [9.17, 15) is 9.59 Å². The van der Waals surface area contributed by atoms with Crippen LogP contribution in [0.4, 0.5) is 0 Å². The molecule has 0 spiro atoms. The van der Waals surface area contributed by atoms with Gasteiger partial charge in [0.1, 0.15) is 36.2 Å². The fourth-order valence-corrected chi connectivity index (χ4v) is 7.12. The lowest BCUT2D eigenvalue weighted by molar-refractivity contribution is -0.263. The van der Waals surface area contributed by atoms with Crippen LogP contribution in [0.5, 0.6) is 0 Å². The first-order chi connectivity index (χ1) is 16.5. The van der Waals surface area contributed by atoms with E-state index in [0.29, 0.717) is 13.2 Å². The lowest BCUT2D eigenvalue weighted by atomic mass is 9.63. The summed E-state index contributed by atoms with van der Waals surface area (Å²) in [5.41, 5.74) is 1.02. The number of amides is 1. The van der Waals surface area contributed by atoms with Crippen LogP contribution in [0.25, 0.3) is 0 Å². The van der Waals surface area contributed by atoms with Crippen molar-refractivity contribution in [3.05, 3.63) is 71.8 Å². The van der Waals surface area contributed by atoms with Gasteiger partial charge in [0.05, 0.1) is 13.2 Å². The molecule has 0 aromatic heterocycles. The quantitative estimate of drug-likeness (QED) is 0.280. The summed E-state index contributed by atoms with van der Waals surface area (Å²) in [4.78, 5) is 24.5. The molecule has 2 heterocycles. The lowest BCUT2D eigenvalue weighted by Crippen LogP contribution is -2.79. The van der Waals surface area contributed by atoms with E-state index in [1.54, 1.807) is 0 Å².